The fourth-order valence-corrected chi connectivity index (χ4v) is 1.12. The van der Waals surface area contributed by atoms with Gasteiger partial charge < -0.3 is 9.84 Å². The maximum absolute atomic E-state index is 11.8. The molecule has 0 aromatic carbocycles. The quantitative estimate of drug-likeness (QED) is 0.644. The lowest BCUT2D eigenvalue weighted by atomic mass is 10.7. The molecule has 0 aromatic heterocycles. The Hall–Kier alpha value is -0.380. The topological polar surface area (TPSA) is 83.8 Å². The first-order valence-corrected chi connectivity index (χ1v) is 4.45. The number of halogens is 3. The van der Waals surface area contributed by atoms with Crippen molar-refractivity contribution in [3.63, 3.8) is 0 Å². The van der Waals surface area contributed by atoms with E-state index in [1.165, 1.54) is 0 Å². The highest BCUT2D eigenvalue weighted by molar-refractivity contribution is 7.86. The molecule has 0 heterocycles. The van der Waals surface area contributed by atoms with Crippen LogP contribution in [-0.2, 0) is 14.9 Å². The normalized spacial score (nSPS) is 15.8. The van der Waals surface area contributed by atoms with E-state index in [0.29, 0.717) is 0 Å². The van der Waals surface area contributed by atoms with Gasteiger partial charge in [-0.3, -0.25) is 4.55 Å². The lowest BCUT2D eigenvalue weighted by Crippen LogP contribution is -2.39. The lowest BCUT2D eigenvalue weighted by molar-refractivity contribution is -0.194. The molecule has 0 saturated heterocycles. The highest BCUT2D eigenvalue weighted by Gasteiger charge is 2.49. The summed E-state index contributed by atoms with van der Waals surface area (Å²) in [4.78, 5) is 0. The zero-order valence-electron chi connectivity index (χ0n) is 6.15. The number of rotatable bonds is 4. The van der Waals surface area contributed by atoms with Crippen molar-refractivity contribution >= 4 is 10.1 Å². The third-order valence-corrected chi connectivity index (χ3v) is 1.84. The monoisotopic (exact) mass is 224 g/mol. The van der Waals surface area contributed by atoms with Crippen molar-refractivity contribution in [2.24, 2.45) is 0 Å². The maximum Gasteiger partial charge on any atom is 0.431 e. The number of aliphatic hydroxyl groups excluding tert-OH is 1. The van der Waals surface area contributed by atoms with E-state index in [4.69, 9.17) is 9.66 Å². The summed E-state index contributed by atoms with van der Waals surface area (Å²) in [5.74, 6) is 0. The summed E-state index contributed by atoms with van der Waals surface area (Å²) in [6.07, 6.45) is -5.22. The number of alkyl halides is 3. The molecule has 0 amide bonds. The summed E-state index contributed by atoms with van der Waals surface area (Å²) in [5, 5.41) is 8.08. The predicted molar refractivity (Wildman–Crippen MR) is 34.4 cm³/mol. The van der Waals surface area contributed by atoms with Gasteiger partial charge in [-0.2, -0.15) is 21.6 Å². The van der Waals surface area contributed by atoms with Crippen LogP contribution in [0.3, 0.4) is 0 Å². The number of aliphatic hydroxyl groups is 1. The van der Waals surface area contributed by atoms with Gasteiger partial charge in [0.05, 0.1) is 13.2 Å². The Morgan fingerprint density at radius 2 is 1.85 bits per heavy atom. The smallest absolute Gasteiger partial charge is 0.394 e. The van der Waals surface area contributed by atoms with Crippen molar-refractivity contribution in [1.29, 1.82) is 0 Å². The molecule has 0 radical (unpaired) electrons. The van der Waals surface area contributed by atoms with Gasteiger partial charge in [-0.15, -0.1) is 0 Å². The average Bonchev–Trinajstić information content (AvgIpc) is 1.81. The molecule has 1 atom stereocenters. The molecule has 0 aliphatic heterocycles. The zero-order chi connectivity index (χ0) is 10.7. The first kappa shape index (κ1) is 12.6. The van der Waals surface area contributed by atoms with Crippen LogP contribution in [0.15, 0.2) is 0 Å². The molecule has 0 spiro atoms. The van der Waals surface area contributed by atoms with Crippen LogP contribution in [-0.4, -0.2) is 42.9 Å². The van der Waals surface area contributed by atoms with Crippen LogP contribution in [0.4, 0.5) is 13.2 Å². The molecule has 80 valence electrons. The van der Waals surface area contributed by atoms with E-state index in [1.54, 1.807) is 0 Å². The molecule has 0 aliphatic carbocycles. The highest BCUT2D eigenvalue weighted by Crippen LogP contribution is 2.26. The van der Waals surface area contributed by atoms with Crippen LogP contribution in [0.1, 0.15) is 0 Å². The van der Waals surface area contributed by atoms with Gasteiger partial charge in [0.15, 0.2) is 0 Å². The van der Waals surface area contributed by atoms with E-state index in [1.807, 2.05) is 0 Å². The molecule has 13 heavy (non-hydrogen) atoms. The van der Waals surface area contributed by atoms with Crippen LogP contribution in [0.25, 0.3) is 0 Å². The van der Waals surface area contributed by atoms with Crippen molar-refractivity contribution in [3.05, 3.63) is 0 Å². The molecule has 0 aromatic rings. The van der Waals surface area contributed by atoms with E-state index < -0.39 is 34.9 Å². The second kappa shape index (κ2) is 4.22. The van der Waals surface area contributed by atoms with Crippen LogP contribution in [0.5, 0.6) is 0 Å². The Balaban J connectivity index is 4.59. The van der Waals surface area contributed by atoms with Crippen LogP contribution in [0.2, 0.25) is 0 Å². The molecule has 1 unspecified atom stereocenters. The minimum Gasteiger partial charge on any atom is -0.394 e. The molecular formula is C4H7F3O5S. The van der Waals surface area contributed by atoms with Crippen molar-refractivity contribution in [2.75, 3.05) is 13.2 Å². The molecular weight excluding hydrogens is 217 g/mol. The number of ether oxygens (including phenoxy) is 1. The Kier molecular flexibility index (Phi) is 4.10. The Bertz CT molecular complexity index is 245. The van der Waals surface area contributed by atoms with Gasteiger partial charge in [-0.05, 0) is 0 Å². The Labute approximate surface area is 71.9 Å². The van der Waals surface area contributed by atoms with Gasteiger partial charge >= 0.3 is 16.3 Å². The van der Waals surface area contributed by atoms with Crippen molar-refractivity contribution in [2.45, 2.75) is 11.6 Å². The summed E-state index contributed by atoms with van der Waals surface area (Å²) < 4.78 is 67.4. The molecule has 0 saturated carbocycles. The molecule has 0 bridgehead atoms. The largest absolute Gasteiger partial charge is 0.431 e. The maximum atomic E-state index is 11.8. The van der Waals surface area contributed by atoms with Crippen LogP contribution < -0.4 is 0 Å². The van der Waals surface area contributed by atoms with E-state index in [9.17, 15) is 21.6 Å². The molecule has 0 rings (SSSR count). The third-order valence-electron chi connectivity index (χ3n) is 0.898. The van der Waals surface area contributed by atoms with Crippen LogP contribution >= 0.6 is 0 Å². The average molecular weight is 224 g/mol. The molecule has 5 nitrogen and oxygen atoms in total. The van der Waals surface area contributed by atoms with E-state index in [2.05, 4.69) is 4.74 Å². The summed E-state index contributed by atoms with van der Waals surface area (Å²) in [6.45, 7) is -1.61. The molecule has 0 fully saturated rings. The van der Waals surface area contributed by atoms with Crippen molar-refractivity contribution in [3.8, 4) is 0 Å². The van der Waals surface area contributed by atoms with Gasteiger partial charge in [0.1, 0.15) is 0 Å². The van der Waals surface area contributed by atoms with Gasteiger partial charge in [-0.1, -0.05) is 0 Å². The second-order valence-corrected chi connectivity index (χ2v) is 3.44. The second-order valence-electron chi connectivity index (χ2n) is 1.98. The standard InChI is InChI=1S/C4H7F3O5S/c5-4(6,7)3(12-2-1-8)13(9,10)11/h3,8H,1-2H2,(H,9,10,11). The third kappa shape index (κ3) is 4.41. The predicted octanol–water partition coefficient (Wildman–Crippen LogP) is -0.229. The molecule has 9 heteroatoms. The fraction of sp³-hybridized carbons (Fsp3) is 1.00. The van der Waals surface area contributed by atoms with Gasteiger partial charge in [0, 0.05) is 0 Å². The number of hydrogen-bond acceptors (Lipinski definition) is 4. The van der Waals surface area contributed by atoms with E-state index in [-0.39, 0.29) is 0 Å². The minimum absolute atomic E-state index is 0.776. The fourth-order valence-electron chi connectivity index (χ4n) is 0.509. The zero-order valence-corrected chi connectivity index (χ0v) is 6.97. The van der Waals surface area contributed by atoms with Crippen molar-refractivity contribution in [1.82, 2.24) is 0 Å². The molecule has 0 aliphatic rings. The lowest BCUT2D eigenvalue weighted by Gasteiger charge is -2.16. The van der Waals surface area contributed by atoms with E-state index in [0.717, 1.165) is 0 Å². The SMILES string of the molecule is O=S(=O)(O)C(OCCO)C(F)(F)F. The minimum atomic E-state index is -5.35. The highest BCUT2D eigenvalue weighted by atomic mass is 32.2. The summed E-state index contributed by atoms with van der Waals surface area (Å²) in [7, 11) is -5.35. The Morgan fingerprint density at radius 1 is 1.38 bits per heavy atom. The summed E-state index contributed by atoms with van der Waals surface area (Å²) in [6, 6.07) is 0. The van der Waals surface area contributed by atoms with Gasteiger partial charge in [-0.25, -0.2) is 0 Å². The van der Waals surface area contributed by atoms with Gasteiger partial charge in [0.25, 0.3) is 5.44 Å². The summed E-state index contributed by atoms with van der Waals surface area (Å²) in [5.41, 5.74) is -3.30. The van der Waals surface area contributed by atoms with Crippen LogP contribution in [0, 0.1) is 0 Å². The molecule has 2 N–H and O–H groups in total. The van der Waals surface area contributed by atoms with E-state index >= 15 is 0 Å². The van der Waals surface area contributed by atoms with Crippen molar-refractivity contribution < 1.29 is 36.0 Å². The summed E-state index contributed by atoms with van der Waals surface area (Å²) >= 11 is 0. The Morgan fingerprint density at radius 3 is 2.08 bits per heavy atom. The first-order chi connectivity index (χ1) is 5.69. The van der Waals surface area contributed by atoms with Gasteiger partial charge in [0.2, 0.25) is 0 Å². The first-order valence-electron chi connectivity index (χ1n) is 2.95. The number of hydrogen-bond donors (Lipinski definition) is 2.